The number of fused-ring (bicyclic) bond motifs is 1. The molecule has 2 heterocycles. The number of amides is 1. The molecule has 6 heteroatoms. The van der Waals surface area contributed by atoms with Crippen molar-refractivity contribution in [3.63, 3.8) is 0 Å². The van der Waals surface area contributed by atoms with E-state index in [0.29, 0.717) is 18.8 Å². The van der Waals surface area contributed by atoms with Gasteiger partial charge < -0.3 is 4.90 Å². The topological polar surface area (TPSA) is 55.2 Å². The third-order valence-electron chi connectivity index (χ3n) is 3.93. The van der Waals surface area contributed by atoms with Crippen molar-refractivity contribution in [2.24, 2.45) is 0 Å². The summed E-state index contributed by atoms with van der Waals surface area (Å²) < 4.78 is 15.5. The fourth-order valence-corrected chi connectivity index (χ4v) is 2.88. The number of para-hydroxylation sites is 1. The minimum Gasteiger partial charge on any atom is -0.304 e. The average molecular weight is 315 g/mol. The molecule has 0 spiro atoms. The van der Waals surface area contributed by atoms with Crippen LogP contribution in [0.3, 0.4) is 0 Å². The van der Waals surface area contributed by atoms with Gasteiger partial charge in [0.2, 0.25) is 0 Å². The first-order chi connectivity index (χ1) is 11.1. The summed E-state index contributed by atoms with van der Waals surface area (Å²) in [5.74, 6) is -0.779. The second-order valence-electron chi connectivity index (χ2n) is 5.59. The van der Waals surface area contributed by atoms with E-state index in [0.717, 1.165) is 24.8 Å². The Morgan fingerprint density at radius 2 is 2.13 bits per heavy atom. The summed E-state index contributed by atoms with van der Waals surface area (Å²) >= 11 is 0. The first-order valence-corrected chi connectivity index (χ1v) is 7.79. The molecule has 3 rings (SSSR count). The maximum atomic E-state index is 14.2. The molecule has 5 nitrogen and oxygen atoms in total. The van der Waals surface area contributed by atoms with Crippen molar-refractivity contribution in [2.45, 2.75) is 32.7 Å². The van der Waals surface area contributed by atoms with Gasteiger partial charge in [-0.3, -0.25) is 9.59 Å². The third kappa shape index (κ3) is 2.88. The summed E-state index contributed by atoms with van der Waals surface area (Å²) in [5, 5.41) is 4.13. The number of rotatable bonds is 3. The van der Waals surface area contributed by atoms with E-state index in [-0.39, 0.29) is 17.2 Å². The van der Waals surface area contributed by atoms with Crippen LogP contribution in [0.15, 0.2) is 35.1 Å². The maximum Gasteiger partial charge on any atom is 0.278 e. The van der Waals surface area contributed by atoms with Crippen molar-refractivity contribution >= 4 is 11.6 Å². The lowest BCUT2D eigenvalue weighted by molar-refractivity contribution is 0.0976. The molecule has 0 saturated carbocycles. The van der Waals surface area contributed by atoms with Crippen molar-refractivity contribution in [1.29, 1.82) is 0 Å². The number of carbonyl (C=O) groups is 1. The van der Waals surface area contributed by atoms with Gasteiger partial charge in [0.15, 0.2) is 0 Å². The van der Waals surface area contributed by atoms with E-state index in [1.807, 2.05) is 13.0 Å². The molecule has 0 saturated heterocycles. The predicted molar refractivity (Wildman–Crippen MR) is 85.2 cm³/mol. The van der Waals surface area contributed by atoms with Crippen molar-refractivity contribution in [3.8, 4) is 0 Å². The number of aromatic nitrogens is 2. The molecular weight excluding hydrogens is 297 g/mol. The van der Waals surface area contributed by atoms with Crippen LogP contribution in [0.1, 0.15) is 35.8 Å². The molecule has 0 unspecified atom stereocenters. The predicted octanol–water partition coefficient (Wildman–Crippen LogP) is 2.39. The molecule has 1 aliphatic heterocycles. The molecule has 120 valence electrons. The van der Waals surface area contributed by atoms with Crippen LogP contribution in [0.25, 0.3) is 0 Å². The Hall–Kier alpha value is -2.50. The summed E-state index contributed by atoms with van der Waals surface area (Å²) in [7, 11) is 0. The van der Waals surface area contributed by atoms with Crippen molar-refractivity contribution in [1.82, 2.24) is 9.78 Å². The van der Waals surface area contributed by atoms with Crippen molar-refractivity contribution in [2.75, 3.05) is 11.4 Å². The lowest BCUT2D eigenvalue weighted by atomic mass is 10.0. The maximum absolute atomic E-state index is 14.2. The van der Waals surface area contributed by atoms with Crippen molar-refractivity contribution in [3.05, 3.63) is 57.8 Å². The highest BCUT2D eigenvalue weighted by molar-refractivity contribution is 6.05. The lowest BCUT2D eigenvalue weighted by Gasteiger charge is -2.29. The monoisotopic (exact) mass is 315 g/mol. The first kappa shape index (κ1) is 15.4. The van der Waals surface area contributed by atoms with E-state index in [4.69, 9.17) is 0 Å². The van der Waals surface area contributed by atoms with E-state index < -0.39 is 5.82 Å². The standard InChI is InChI=1S/C17H18FN3O2/c1-2-10-21-15(22)9-8-14(19-21)17(23)20-11-4-6-12-5-3-7-13(18)16(12)20/h3,5,7-9H,2,4,6,10-11H2,1H3. The van der Waals surface area contributed by atoms with Gasteiger partial charge in [-0.1, -0.05) is 19.1 Å². The SMILES string of the molecule is CCCn1nc(C(=O)N2CCCc3cccc(F)c32)ccc1=O. The van der Waals surface area contributed by atoms with Crippen LogP contribution in [-0.4, -0.2) is 22.2 Å². The molecule has 0 atom stereocenters. The van der Waals surface area contributed by atoms with Gasteiger partial charge in [-0.2, -0.15) is 5.10 Å². The fourth-order valence-electron chi connectivity index (χ4n) is 2.88. The molecule has 0 bridgehead atoms. The number of anilines is 1. The van der Waals surface area contributed by atoms with E-state index in [1.165, 1.54) is 27.8 Å². The van der Waals surface area contributed by atoms with Crippen LogP contribution in [0.2, 0.25) is 0 Å². The Bertz CT molecular complexity index is 801. The van der Waals surface area contributed by atoms with Gasteiger partial charge in [0.25, 0.3) is 11.5 Å². The number of carbonyl (C=O) groups excluding carboxylic acids is 1. The highest BCUT2D eigenvalue weighted by Crippen LogP contribution is 2.30. The molecule has 1 amide bonds. The highest BCUT2D eigenvalue weighted by Gasteiger charge is 2.27. The van der Waals surface area contributed by atoms with Gasteiger partial charge in [-0.25, -0.2) is 9.07 Å². The summed E-state index contributed by atoms with van der Waals surface area (Å²) in [6.45, 7) is 2.82. The van der Waals surface area contributed by atoms with E-state index in [2.05, 4.69) is 5.10 Å². The van der Waals surface area contributed by atoms with Gasteiger partial charge in [-0.05, 0) is 37.0 Å². The van der Waals surface area contributed by atoms with Crippen LogP contribution in [0.5, 0.6) is 0 Å². The smallest absolute Gasteiger partial charge is 0.278 e. The second-order valence-corrected chi connectivity index (χ2v) is 5.59. The van der Waals surface area contributed by atoms with E-state index in [9.17, 15) is 14.0 Å². The number of halogens is 1. The van der Waals surface area contributed by atoms with E-state index in [1.54, 1.807) is 6.07 Å². The normalized spacial score (nSPS) is 13.7. The Morgan fingerprint density at radius 3 is 2.91 bits per heavy atom. The van der Waals surface area contributed by atoms with Gasteiger partial charge in [0.1, 0.15) is 11.5 Å². The number of hydrogen-bond acceptors (Lipinski definition) is 3. The summed E-state index contributed by atoms with van der Waals surface area (Å²) in [5.41, 5.74) is 1.08. The Balaban J connectivity index is 2.00. The summed E-state index contributed by atoms with van der Waals surface area (Å²) in [4.78, 5) is 25.9. The van der Waals surface area contributed by atoms with Gasteiger partial charge in [0, 0.05) is 19.2 Å². The van der Waals surface area contributed by atoms with Gasteiger partial charge in [-0.15, -0.1) is 0 Å². The van der Waals surface area contributed by atoms with Crippen molar-refractivity contribution < 1.29 is 9.18 Å². The zero-order valence-electron chi connectivity index (χ0n) is 13.0. The van der Waals surface area contributed by atoms with Crippen LogP contribution in [-0.2, 0) is 13.0 Å². The molecule has 0 N–H and O–H groups in total. The Labute approximate surface area is 133 Å². The molecule has 2 aromatic rings. The Morgan fingerprint density at radius 1 is 1.30 bits per heavy atom. The van der Waals surface area contributed by atoms with Crippen LogP contribution in [0.4, 0.5) is 10.1 Å². The number of hydrogen-bond donors (Lipinski definition) is 0. The first-order valence-electron chi connectivity index (χ1n) is 7.79. The number of aryl methyl sites for hydroxylation is 2. The summed E-state index contributed by atoms with van der Waals surface area (Å²) in [6.07, 6.45) is 2.27. The lowest BCUT2D eigenvalue weighted by Crippen LogP contribution is -2.38. The molecule has 23 heavy (non-hydrogen) atoms. The second kappa shape index (κ2) is 6.32. The quantitative estimate of drug-likeness (QED) is 0.874. The molecule has 0 radical (unpaired) electrons. The molecule has 0 fully saturated rings. The number of benzene rings is 1. The fraction of sp³-hybridized carbons (Fsp3) is 0.353. The van der Waals surface area contributed by atoms with Gasteiger partial charge >= 0.3 is 0 Å². The van der Waals surface area contributed by atoms with Crippen LogP contribution < -0.4 is 10.5 Å². The molecular formula is C17H18FN3O2. The van der Waals surface area contributed by atoms with Crippen LogP contribution >= 0.6 is 0 Å². The third-order valence-corrected chi connectivity index (χ3v) is 3.93. The largest absolute Gasteiger partial charge is 0.304 e. The molecule has 1 aromatic carbocycles. The average Bonchev–Trinajstić information content (AvgIpc) is 2.56. The van der Waals surface area contributed by atoms with Gasteiger partial charge in [0.05, 0.1) is 5.69 Å². The minimum absolute atomic E-state index is 0.161. The van der Waals surface area contributed by atoms with E-state index >= 15 is 0 Å². The molecule has 1 aromatic heterocycles. The molecule has 0 aliphatic carbocycles. The zero-order valence-corrected chi connectivity index (χ0v) is 13.0. The molecule has 1 aliphatic rings. The minimum atomic E-state index is -0.405. The zero-order chi connectivity index (χ0) is 16.4. The number of nitrogens with zero attached hydrogens (tertiary/aromatic N) is 3. The summed E-state index contributed by atoms with van der Waals surface area (Å²) in [6, 6.07) is 7.59. The Kier molecular flexibility index (Phi) is 4.23. The highest BCUT2D eigenvalue weighted by atomic mass is 19.1. The van der Waals surface area contributed by atoms with Crippen LogP contribution in [0, 0.1) is 5.82 Å².